The predicted octanol–water partition coefficient (Wildman–Crippen LogP) is 1.29. The minimum atomic E-state index is -4.00. The topological polar surface area (TPSA) is 80.4 Å². The maximum absolute atomic E-state index is 10.4. The van der Waals surface area contributed by atoms with Crippen LogP contribution in [0.25, 0.3) is 0 Å². The normalized spacial score (nSPS) is 10.2. The van der Waals surface area contributed by atoms with Gasteiger partial charge < -0.3 is 5.73 Å². The largest absolute Gasteiger partial charge is 0.330 e. The van der Waals surface area contributed by atoms with Crippen molar-refractivity contribution in [2.24, 2.45) is 5.73 Å². The average Bonchev–Trinajstić information content (AvgIpc) is 2.18. The predicted molar refractivity (Wildman–Crippen MR) is 55.6 cm³/mol. The summed E-state index contributed by atoms with van der Waals surface area (Å²) in [6, 6.07) is 7.42. The van der Waals surface area contributed by atoms with Gasteiger partial charge in [-0.25, -0.2) is 0 Å². The van der Waals surface area contributed by atoms with Crippen LogP contribution in [0.15, 0.2) is 35.2 Å². The minimum absolute atomic E-state index is 0.0741. The fourth-order valence-corrected chi connectivity index (χ4v) is 1.09. The Kier molecular flexibility index (Phi) is 6.11. The van der Waals surface area contributed by atoms with E-state index in [0.29, 0.717) is 0 Å². The van der Waals surface area contributed by atoms with Crippen LogP contribution < -0.4 is 5.73 Å². The molecule has 0 atom stereocenters. The lowest BCUT2D eigenvalue weighted by Crippen LogP contribution is -1.96. The zero-order chi connectivity index (χ0) is 11.0. The van der Waals surface area contributed by atoms with Gasteiger partial charge in [-0.2, -0.15) is 8.42 Å². The molecular weight excluding hydrogens is 202 g/mol. The molecule has 0 heterocycles. The monoisotopic (exact) mass is 217 g/mol. The lowest BCUT2D eigenvalue weighted by Gasteiger charge is -1.92. The van der Waals surface area contributed by atoms with Gasteiger partial charge in [-0.3, -0.25) is 4.55 Å². The highest BCUT2D eigenvalue weighted by Crippen LogP contribution is 2.05. The van der Waals surface area contributed by atoms with Crippen LogP contribution in [-0.4, -0.2) is 19.5 Å². The van der Waals surface area contributed by atoms with E-state index in [4.69, 9.17) is 10.3 Å². The Balaban J connectivity index is 0.000000364. The first kappa shape index (κ1) is 13.1. The molecule has 4 nitrogen and oxygen atoms in total. The van der Waals surface area contributed by atoms with Crippen molar-refractivity contribution in [3.05, 3.63) is 30.3 Å². The lowest BCUT2D eigenvalue weighted by molar-refractivity contribution is 0.483. The van der Waals surface area contributed by atoms with Gasteiger partial charge in [0.2, 0.25) is 0 Å². The van der Waals surface area contributed by atoms with Crippen LogP contribution in [0.4, 0.5) is 0 Å². The Hall–Kier alpha value is -0.910. The first-order valence-corrected chi connectivity index (χ1v) is 5.69. The second-order valence-corrected chi connectivity index (χ2v) is 4.00. The maximum atomic E-state index is 10.4. The number of benzene rings is 1. The van der Waals surface area contributed by atoms with E-state index in [9.17, 15) is 8.42 Å². The fourth-order valence-electron chi connectivity index (χ4n) is 0.592. The number of nitrogens with two attached hydrogens (primary N) is 1. The van der Waals surface area contributed by atoms with E-state index in [-0.39, 0.29) is 4.90 Å². The standard InChI is InChI=1S/C6H6O3S.C3H9N/c7-10(8,9)6-4-2-1-3-5-6;1-2-3-4/h1-5H,(H,7,8,9);2-4H2,1H3. The Morgan fingerprint density at radius 3 is 1.93 bits per heavy atom. The number of rotatable bonds is 2. The van der Waals surface area contributed by atoms with Gasteiger partial charge in [0.25, 0.3) is 10.1 Å². The molecule has 0 aromatic heterocycles. The van der Waals surface area contributed by atoms with Gasteiger partial charge in [0, 0.05) is 0 Å². The Bertz CT molecular complexity index is 332. The van der Waals surface area contributed by atoms with E-state index in [2.05, 4.69) is 6.92 Å². The van der Waals surface area contributed by atoms with E-state index in [1.165, 1.54) is 12.1 Å². The summed E-state index contributed by atoms with van der Waals surface area (Å²) in [6.07, 6.45) is 1.10. The van der Waals surface area contributed by atoms with Gasteiger partial charge in [0.1, 0.15) is 0 Å². The molecule has 0 fully saturated rings. The summed E-state index contributed by atoms with van der Waals surface area (Å²) in [6.45, 7) is 2.88. The van der Waals surface area contributed by atoms with Crippen LogP contribution in [0.3, 0.4) is 0 Å². The molecule has 80 valence electrons. The smallest absolute Gasteiger partial charge is 0.294 e. The van der Waals surface area contributed by atoms with Gasteiger partial charge in [-0.15, -0.1) is 0 Å². The highest BCUT2D eigenvalue weighted by molar-refractivity contribution is 7.85. The molecule has 0 spiro atoms. The Morgan fingerprint density at radius 2 is 1.71 bits per heavy atom. The van der Waals surface area contributed by atoms with E-state index in [0.717, 1.165) is 13.0 Å². The first-order valence-electron chi connectivity index (χ1n) is 4.25. The van der Waals surface area contributed by atoms with Gasteiger partial charge in [-0.05, 0) is 25.1 Å². The second-order valence-electron chi connectivity index (χ2n) is 2.58. The summed E-state index contributed by atoms with van der Waals surface area (Å²) in [5.74, 6) is 0. The molecule has 5 heteroatoms. The molecule has 0 bridgehead atoms. The van der Waals surface area contributed by atoms with Crippen LogP contribution in [0, 0.1) is 0 Å². The highest BCUT2D eigenvalue weighted by atomic mass is 32.2. The van der Waals surface area contributed by atoms with Gasteiger partial charge in [-0.1, -0.05) is 25.1 Å². The summed E-state index contributed by atoms with van der Waals surface area (Å²) in [5, 5.41) is 0. The number of hydrogen-bond donors (Lipinski definition) is 2. The first-order chi connectivity index (χ1) is 6.52. The quantitative estimate of drug-likeness (QED) is 0.731. The number of hydrogen-bond acceptors (Lipinski definition) is 3. The minimum Gasteiger partial charge on any atom is -0.330 e. The van der Waals surface area contributed by atoms with Gasteiger partial charge in [0.15, 0.2) is 0 Å². The molecule has 0 aliphatic carbocycles. The molecule has 1 rings (SSSR count). The summed E-state index contributed by atoms with van der Waals surface area (Å²) in [5.41, 5.74) is 5.03. The Labute approximate surface area is 84.5 Å². The van der Waals surface area contributed by atoms with Crippen LogP contribution in [0.2, 0.25) is 0 Å². The molecule has 0 unspecified atom stereocenters. The molecule has 1 aromatic rings. The summed E-state index contributed by atoms with van der Waals surface area (Å²) in [4.78, 5) is -0.0741. The van der Waals surface area contributed by atoms with Crippen LogP contribution in [0.1, 0.15) is 13.3 Å². The molecule has 0 amide bonds. The van der Waals surface area contributed by atoms with E-state index < -0.39 is 10.1 Å². The van der Waals surface area contributed by atoms with E-state index in [1.54, 1.807) is 18.2 Å². The third-order valence-corrected chi connectivity index (χ3v) is 2.20. The molecule has 3 N–H and O–H groups in total. The van der Waals surface area contributed by atoms with Crippen LogP contribution in [0.5, 0.6) is 0 Å². The summed E-state index contributed by atoms with van der Waals surface area (Å²) in [7, 11) is -4.00. The van der Waals surface area contributed by atoms with E-state index in [1.807, 2.05) is 0 Å². The van der Waals surface area contributed by atoms with Gasteiger partial charge in [0.05, 0.1) is 4.90 Å². The van der Waals surface area contributed by atoms with Crippen molar-refractivity contribution in [1.29, 1.82) is 0 Å². The molecule has 0 saturated heterocycles. The molecule has 0 radical (unpaired) electrons. The third-order valence-electron chi connectivity index (χ3n) is 1.33. The molecule has 14 heavy (non-hydrogen) atoms. The van der Waals surface area contributed by atoms with Crippen molar-refractivity contribution in [3.63, 3.8) is 0 Å². The zero-order valence-electron chi connectivity index (χ0n) is 8.05. The molecule has 1 aromatic carbocycles. The Morgan fingerprint density at radius 1 is 1.29 bits per heavy atom. The lowest BCUT2D eigenvalue weighted by atomic mass is 10.4. The molecular formula is C9H15NO3S. The summed E-state index contributed by atoms with van der Waals surface area (Å²) < 4.78 is 29.2. The summed E-state index contributed by atoms with van der Waals surface area (Å²) >= 11 is 0. The van der Waals surface area contributed by atoms with Crippen molar-refractivity contribution >= 4 is 10.1 Å². The van der Waals surface area contributed by atoms with Crippen LogP contribution in [-0.2, 0) is 10.1 Å². The van der Waals surface area contributed by atoms with Crippen molar-refractivity contribution in [1.82, 2.24) is 0 Å². The highest BCUT2D eigenvalue weighted by Gasteiger charge is 2.05. The molecule has 0 aliphatic rings. The van der Waals surface area contributed by atoms with Crippen molar-refractivity contribution in [3.8, 4) is 0 Å². The van der Waals surface area contributed by atoms with E-state index >= 15 is 0 Å². The van der Waals surface area contributed by atoms with Crippen molar-refractivity contribution in [2.45, 2.75) is 18.2 Å². The molecule has 0 aliphatic heterocycles. The van der Waals surface area contributed by atoms with Crippen molar-refractivity contribution in [2.75, 3.05) is 6.54 Å². The average molecular weight is 217 g/mol. The third kappa shape index (κ3) is 5.69. The molecule has 0 saturated carbocycles. The van der Waals surface area contributed by atoms with Gasteiger partial charge >= 0.3 is 0 Å². The SMILES string of the molecule is CCCN.O=S(=O)(O)c1ccccc1. The zero-order valence-corrected chi connectivity index (χ0v) is 8.87. The second kappa shape index (κ2) is 6.53. The maximum Gasteiger partial charge on any atom is 0.294 e. The van der Waals surface area contributed by atoms with Crippen molar-refractivity contribution < 1.29 is 13.0 Å². The van der Waals surface area contributed by atoms with Crippen LogP contribution >= 0.6 is 0 Å². The fraction of sp³-hybridized carbons (Fsp3) is 0.333.